The number of nitrogens with zero attached hydrogens (tertiary/aromatic N) is 14. The molecule has 21 aromatic rings. The maximum Gasteiger partial charge on any atom is 0.164 e. The van der Waals surface area contributed by atoms with Gasteiger partial charge in [-0.3, -0.25) is 4.98 Å². The minimum atomic E-state index is 0.0620. The van der Waals surface area contributed by atoms with Gasteiger partial charge in [0.25, 0.3) is 0 Å². The fraction of sp³-hybridized carbons (Fsp3) is 0.182. The molecule has 6 aromatic heterocycles. The fourth-order valence-corrected chi connectivity index (χ4v) is 16.3. The number of fused-ring (bicyclic) bond motifs is 2. The minimum absolute atomic E-state index is 0.0620. The highest BCUT2D eigenvalue weighted by atomic mass is 15.1. The smallest absolute Gasteiger partial charge is 0.164 e. The van der Waals surface area contributed by atoms with Crippen LogP contribution in [-0.4, -0.2) is 69.8 Å². The molecule has 15 aromatic carbocycles. The van der Waals surface area contributed by atoms with Crippen LogP contribution >= 0.6 is 0 Å². The Hall–Kier alpha value is -16.8. The van der Waals surface area contributed by atoms with E-state index in [9.17, 15) is 0 Å². The first kappa shape index (κ1) is 104. The van der Waals surface area contributed by atoms with Crippen molar-refractivity contribution in [1.29, 1.82) is 0 Å². The Morgan fingerprint density at radius 3 is 1.03 bits per heavy atom. The highest BCUT2D eigenvalue weighted by Gasteiger charge is 2.24. The lowest BCUT2D eigenvalue weighted by Crippen LogP contribution is -2.14. The highest BCUT2D eigenvalue weighted by molar-refractivity contribution is 5.95. The summed E-state index contributed by atoms with van der Waals surface area (Å²) in [5.74, 6) is 8.68. The Kier molecular flexibility index (Phi) is 34.9. The lowest BCUT2D eigenvalue weighted by atomic mass is 9.80. The first-order chi connectivity index (χ1) is 70.6. The molecule has 0 aliphatic carbocycles. The molecule has 0 unspecified atom stereocenters. The Morgan fingerprint density at radius 2 is 0.541 bits per heavy atom. The number of pyridine rings is 1. The summed E-state index contributed by atoms with van der Waals surface area (Å²) in [6.07, 6.45) is 7.01. The molecule has 726 valence electrons. The number of hydrogen-bond acceptors (Lipinski definition) is 14. The van der Waals surface area contributed by atoms with Crippen LogP contribution in [-0.2, 0) is 16.2 Å². The van der Waals surface area contributed by atoms with Gasteiger partial charge in [-0.2, -0.15) is 0 Å². The normalized spacial score (nSPS) is 11.2. The largest absolute Gasteiger partial charge is 0.261 e. The molecule has 0 atom stereocenters. The van der Waals surface area contributed by atoms with Crippen molar-refractivity contribution < 1.29 is 0 Å². The molecule has 146 heavy (non-hydrogen) atoms. The molecule has 0 saturated heterocycles. The molecule has 0 aliphatic heterocycles. The average Bonchev–Trinajstić information content (AvgIpc) is 0.793. The van der Waals surface area contributed by atoms with Crippen LogP contribution < -0.4 is 0 Å². The number of hydrogen-bond donors (Lipinski definition) is 0. The monoisotopic (exact) mass is 1910 g/mol. The summed E-state index contributed by atoms with van der Waals surface area (Å²) in [4.78, 5) is 64.4. The number of rotatable bonds is 16. The van der Waals surface area contributed by atoms with Crippen molar-refractivity contribution in [2.24, 2.45) is 0 Å². The van der Waals surface area contributed by atoms with E-state index in [0.29, 0.717) is 29.2 Å². The Morgan fingerprint density at radius 1 is 0.185 bits per heavy atom. The summed E-state index contributed by atoms with van der Waals surface area (Å²) in [7, 11) is 0. The molecule has 6 heterocycles. The van der Waals surface area contributed by atoms with Crippen LogP contribution in [0.4, 0.5) is 0 Å². The molecule has 0 saturated carbocycles. The molecule has 14 nitrogen and oxygen atoms in total. The molecule has 0 aliphatic rings. The number of aromatic nitrogens is 14. The SMILES string of the molecule is CC(C)(C)c1ccc(-c2ccccc2)cc1-c1ccccc1.CC(C)(C)c1ccnc(-c2ccccc2)n1.CC(C)(C)c1ccncn1.CC(C)c1ccccn1.CC(C)c1nc(-c2ccc3ccccc3c2)nc(-c2ccccc2-c2ccccc2)n1.CC(C)c1nc(-c2cccc(-c3ccccc3)c2)nc(-c2cccc3ccccc23)n1.CC(C)c1nc(-c2ccccc2)nc(-c2ccc(-c3ccccc3)cc2)n1. The van der Waals surface area contributed by atoms with Crippen molar-refractivity contribution in [2.45, 2.75) is 158 Å². The maximum absolute atomic E-state index is 4.93. The second kappa shape index (κ2) is 49.2. The van der Waals surface area contributed by atoms with E-state index in [1.54, 1.807) is 12.5 Å². The van der Waals surface area contributed by atoms with Crippen molar-refractivity contribution in [2.75, 3.05) is 0 Å². The first-order valence-electron chi connectivity index (χ1n) is 50.2. The second-order valence-electron chi connectivity index (χ2n) is 40.1. The van der Waals surface area contributed by atoms with Gasteiger partial charge in [0.2, 0.25) is 0 Å². The topological polar surface area (TPSA) is 180 Å². The van der Waals surface area contributed by atoms with E-state index in [2.05, 4.69) is 451 Å². The second-order valence-corrected chi connectivity index (χ2v) is 40.1. The van der Waals surface area contributed by atoms with Gasteiger partial charge in [-0.25, -0.2) is 64.8 Å². The Labute approximate surface area is 862 Å². The van der Waals surface area contributed by atoms with Crippen LogP contribution in [0.5, 0.6) is 0 Å². The zero-order valence-electron chi connectivity index (χ0n) is 86.7. The van der Waals surface area contributed by atoms with E-state index in [0.717, 1.165) is 113 Å². The van der Waals surface area contributed by atoms with E-state index < -0.39 is 0 Å². The van der Waals surface area contributed by atoms with Crippen LogP contribution in [0.2, 0.25) is 0 Å². The highest BCUT2D eigenvalue weighted by Crippen LogP contribution is 2.40. The Bertz CT molecular complexity index is 7730. The van der Waals surface area contributed by atoms with Crippen LogP contribution in [0.3, 0.4) is 0 Å². The van der Waals surface area contributed by atoms with Gasteiger partial charge in [-0.05, 0) is 137 Å². The summed E-state index contributed by atoms with van der Waals surface area (Å²) >= 11 is 0. The molecule has 0 amide bonds. The Balaban J connectivity index is 0.000000132. The molecule has 0 spiro atoms. The van der Waals surface area contributed by atoms with Gasteiger partial charge < -0.3 is 0 Å². The van der Waals surface area contributed by atoms with Gasteiger partial charge in [-0.1, -0.05) is 494 Å². The average molecular weight is 1910 g/mol. The van der Waals surface area contributed by atoms with Gasteiger partial charge in [0.05, 0.1) is 0 Å². The van der Waals surface area contributed by atoms with Crippen LogP contribution in [0.1, 0.15) is 181 Å². The molecule has 0 N–H and O–H groups in total. The van der Waals surface area contributed by atoms with E-state index >= 15 is 0 Å². The van der Waals surface area contributed by atoms with Gasteiger partial charge in [0.15, 0.2) is 40.8 Å². The summed E-state index contributed by atoms with van der Waals surface area (Å²) < 4.78 is 0. The van der Waals surface area contributed by atoms with E-state index in [1.807, 2.05) is 128 Å². The van der Waals surface area contributed by atoms with Gasteiger partial charge in [-0.15, -0.1) is 0 Å². The zero-order valence-corrected chi connectivity index (χ0v) is 86.7. The summed E-state index contributed by atoms with van der Waals surface area (Å²) in [6, 6.07) is 144. The molecule has 0 bridgehead atoms. The molecular weight excluding hydrogens is 1780 g/mol. The lowest BCUT2D eigenvalue weighted by molar-refractivity contribution is 0.567. The van der Waals surface area contributed by atoms with Crippen LogP contribution in [0, 0.1) is 0 Å². The zero-order chi connectivity index (χ0) is 103. The van der Waals surface area contributed by atoms with Gasteiger partial charge in [0.1, 0.15) is 23.8 Å². The van der Waals surface area contributed by atoms with Crippen molar-refractivity contribution in [3.63, 3.8) is 0 Å². The predicted molar refractivity (Wildman–Crippen MR) is 607 cm³/mol. The van der Waals surface area contributed by atoms with Crippen molar-refractivity contribution >= 4 is 21.5 Å². The molecule has 0 fully saturated rings. The first-order valence-corrected chi connectivity index (χ1v) is 50.2. The summed E-state index contributed by atoms with van der Waals surface area (Å²) in [5.41, 5.74) is 24.3. The minimum Gasteiger partial charge on any atom is -0.261 e. The predicted octanol–water partition coefficient (Wildman–Crippen LogP) is 34.0. The van der Waals surface area contributed by atoms with E-state index in [4.69, 9.17) is 39.9 Å². The van der Waals surface area contributed by atoms with Crippen LogP contribution in [0.15, 0.2) is 443 Å². The quantitative estimate of drug-likeness (QED) is 0.0891. The standard InChI is InChI=1S/2C28H23N3.C24H21N3.C22H22.C14H16N2.C8H12N2.C8H11N/c1-19(2)26-29-27(23-15-8-14-22(18-23)20-10-4-3-5-11-20)31-28(30-26)25-17-9-13-21-12-6-7-16-24(21)25;1-19(2)26-29-27(23-17-16-20-10-6-7-13-22(20)18-23)31-28(30-26)25-15-9-8-14-24(25)21-11-4-3-5-12-21;1-17(2)22-25-23(20-11-7-4-8-12-20)27-24(26-22)21-15-13-19(14-16-21)18-9-5-3-6-10-18;1-22(2,3)21-15-14-19(17-10-6-4-7-11-17)16-20(21)18-12-8-5-9-13-18;1-14(2,3)12-9-10-15-13(16-12)11-7-5-4-6-8-11;1-8(2,3)7-4-5-9-6-10-7;1-7(2)8-5-3-4-6-9-8/h2*3-19H,1-2H3;3-17H,1-2H3;4-16H,1-3H3;4-10H,1-3H3;4-6H,1-3H3;3-7H,1-2H3. The van der Waals surface area contributed by atoms with E-state index in [-0.39, 0.29) is 34.0 Å². The lowest BCUT2D eigenvalue weighted by Gasteiger charge is -2.24. The summed E-state index contributed by atoms with van der Waals surface area (Å²) in [5, 5.41) is 4.71. The van der Waals surface area contributed by atoms with Crippen LogP contribution in [0.25, 0.3) is 157 Å². The van der Waals surface area contributed by atoms with Crippen molar-refractivity contribution in [3.05, 3.63) is 484 Å². The van der Waals surface area contributed by atoms with E-state index in [1.165, 1.54) is 60.7 Å². The van der Waals surface area contributed by atoms with Gasteiger partial charge in [0, 0.05) is 103 Å². The molecule has 21 rings (SSSR count). The van der Waals surface area contributed by atoms with Crippen molar-refractivity contribution in [3.8, 4) is 135 Å². The summed E-state index contributed by atoms with van der Waals surface area (Å²) in [6.45, 7) is 36.7. The fourth-order valence-electron chi connectivity index (χ4n) is 16.3. The maximum atomic E-state index is 4.93. The van der Waals surface area contributed by atoms with Gasteiger partial charge >= 0.3 is 0 Å². The third kappa shape index (κ3) is 28.1. The third-order valence-corrected chi connectivity index (χ3v) is 24.4. The number of benzene rings is 15. The molecule has 14 heteroatoms. The third-order valence-electron chi connectivity index (χ3n) is 24.4. The molecule has 0 radical (unpaired) electrons. The molecular formula is C132H128N14. The van der Waals surface area contributed by atoms with Crippen molar-refractivity contribution in [1.82, 2.24) is 69.8 Å².